The molecule has 3 aromatic heterocycles. The van der Waals surface area contributed by atoms with Gasteiger partial charge in [-0.25, -0.2) is 29.1 Å². The van der Waals surface area contributed by atoms with Crippen LogP contribution in [0.5, 0.6) is 11.5 Å². The second kappa shape index (κ2) is 12.8. The van der Waals surface area contributed by atoms with Crippen molar-refractivity contribution in [3.8, 4) is 11.5 Å². The van der Waals surface area contributed by atoms with Crippen LogP contribution in [0.15, 0.2) is 36.4 Å². The molecule has 2 N–H and O–H groups in total. The Morgan fingerprint density at radius 1 is 0.519 bits per heavy atom. The highest BCUT2D eigenvalue weighted by molar-refractivity contribution is 6.00. The van der Waals surface area contributed by atoms with E-state index in [4.69, 9.17) is 0 Å². The summed E-state index contributed by atoms with van der Waals surface area (Å²) in [6, 6.07) is 6.15. The first-order chi connectivity index (χ1) is 23.9. The Morgan fingerprint density at radius 2 is 1.00 bits per heavy atom. The van der Waals surface area contributed by atoms with Gasteiger partial charge in [-0.05, 0) is 42.5 Å². The Hall–Kier alpha value is -6.36. The summed E-state index contributed by atoms with van der Waals surface area (Å²) in [6.07, 6.45) is -21.5. The zero-order valence-electron chi connectivity index (χ0n) is 24.3. The molecule has 0 atom stereocenters. The lowest BCUT2D eigenvalue weighted by Gasteiger charge is -2.14. The predicted octanol–water partition coefficient (Wildman–Crippen LogP) is 6.46. The number of esters is 4. The number of hydrogen-bond donors (Lipinski definition) is 2. The topological polar surface area (TPSA) is 163 Å². The molecule has 0 saturated carbocycles. The summed E-state index contributed by atoms with van der Waals surface area (Å²) in [4.78, 5) is 60.2. The second-order valence-electron chi connectivity index (χ2n) is 9.94. The van der Waals surface area contributed by atoms with Crippen LogP contribution in [0.2, 0.25) is 0 Å². The molecule has 2 aliphatic rings. The van der Waals surface area contributed by atoms with Gasteiger partial charge in [-0.2, -0.15) is 52.7 Å². The molecule has 0 saturated heterocycles. The highest BCUT2D eigenvalue weighted by atomic mass is 19.4. The summed E-state index contributed by atoms with van der Waals surface area (Å²) >= 11 is 0. The van der Waals surface area contributed by atoms with Crippen molar-refractivity contribution < 1.29 is 90.8 Å². The van der Waals surface area contributed by atoms with Gasteiger partial charge in [0, 0.05) is 22.6 Å². The Bertz CT molecular complexity index is 2240. The highest BCUT2D eigenvalue weighted by Gasteiger charge is 2.48. The van der Waals surface area contributed by atoms with E-state index in [1.807, 2.05) is 0 Å². The zero-order valence-corrected chi connectivity index (χ0v) is 24.3. The molecule has 0 unspecified atom stereocenters. The number of aromatic nitrogens is 4. The predicted molar refractivity (Wildman–Crippen MR) is 144 cm³/mol. The fourth-order valence-corrected chi connectivity index (χ4v) is 4.12. The van der Waals surface area contributed by atoms with E-state index in [0.29, 0.717) is 12.1 Å². The van der Waals surface area contributed by atoms with Crippen LogP contribution in [0.4, 0.5) is 52.7 Å². The molecule has 24 heteroatoms. The van der Waals surface area contributed by atoms with Gasteiger partial charge < -0.3 is 28.9 Å². The molecule has 3 aromatic rings. The number of rotatable bonds is 4. The van der Waals surface area contributed by atoms with Gasteiger partial charge in [0.15, 0.2) is 17.2 Å². The monoisotopic (exact) mass is 758 g/mol. The highest BCUT2D eigenvalue weighted by Crippen LogP contribution is 2.43. The van der Waals surface area contributed by atoms with E-state index < -0.39 is 94.0 Å². The number of fused-ring (bicyclic) bond motifs is 8. The Kier molecular flexibility index (Phi) is 9.05. The largest absolute Gasteiger partial charge is 0.491 e. The fourth-order valence-electron chi connectivity index (χ4n) is 4.12. The number of halogens is 12. The number of alkyl halides is 12. The van der Waals surface area contributed by atoms with Crippen molar-refractivity contribution in [2.75, 3.05) is 0 Å². The zero-order chi connectivity index (χ0) is 38.6. The average Bonchev–Trinajstić information content (AvgIpc) is 3.79. The number of H-pyrrole nitrogens is 2. The number of carbonyl (C=O) groups is 4. The second-order valence-corrected chi connectivity index (χ2v) is 9.94. The minimum Gasteiger partial charge on any atom is -0.417 e. The molecule has 0 aliphatic carbocycles. The Morgan fingerprint density at radius 3 is 1.56 bits per heavy atom. The summed E-state index contributed by atoms with van der Waals surface area (Å²) in [5.41, 5.74) is -4.98. The van der Waals surface area contributed by atoms with Crippen LogP contribution in [0.25, 0.3) is 45.7 Å². The maximum atomic E-state index is 13.5. The number of hydrogen-bond acceptors (Lipinski definition) is 10. The number of nitrogens with one attached hydrogen (secondary N) is 2. The van der Waals surface area contributed by atoms with Crippen molar-refractivity contribution in [1.82, 2.24) is 19.9 Å². The van der Waals surface area contributed by atoms with Gasteiger partial charge in [0.25, 0.3) is 0 Å². The molecule has 52 heavy (non-hydrogen) atoms. The van der Waals surface area contributed by atoms with Gasteiger partial charge in [-0.15, -0.1) is 0 Å². The van der Waals surface area contributed by atoms with Crippen molar-refractivity contribution in [3.63, 3.8) is 0 Å². The van der Waals surface area contributed by atoms with Crippen LogP contribution in [0.1, 0.15) is 22.8 Å². The number of nitrogens with zero attached hydrogens (tertiary/aromatic N) is 2. The first kappa shape index (κ1) is 36.9. The number of aromatic amines is 2. The fraction of sp³-hybridized carbons (Fsp3) is 0.143. The maximum Gasteiger partial charge on any atom is 0.491 e. The van der Waals surface area contributed by atoms with Crippen LogP contribution in [0, 0.1) is 0 Å². The van der Waals surface area contributed by atoms with Crippen molar-refractivity contribution >= 4 is 69.6 Å². The molecule has 274 valence electrons. The third-order valence-electron chi connectivity index (χ3n) is 6.16. The molecule has 8 bridgehead atoms. The van der Waals surface area contributed by atoms with Gasteiger partial charge in [-0.1, -0.05) is 0 Å². The van der Waals surface area contributed by atoms with Crippen LogP contribution in [0.3, 0.4) is 0 Å². The van der Waals surface area contributed by atoms with Gasteiger partial charge in [0.2, 0.25) is 11.5 Å². The minimum atomic E-state index is -6.05. The van der Waals surface area contributed by atoms with E-state index in [-0.39, 0.29) is 22.4 Å². The van der Waals surface area contributed by atoms with E-state index in [0.717, 1.165) is 12.1 Å². The quantitative estimate of drug-likeness (QED) is 0.175. The first-order valence-corrected chi connectivity index (χ1v) is 13.2. The van der Waals surface area contributed by atoms with Crippen molar-refractivity contribution in [1.29, 1.82) is 0 Å². The van der Waals surface area contributed by atoms with E-state index in [9.17, 15) is 71.9 Å². The average molecular weight is 758 g/mol. The third-order valence-corrected chi connectivity index (χ3v) is 6.16. The molecule has 0 aromatic carbocycles. The third kappa shape index (κ3) is 7.99. The molecule has 0 spiro atoms. The molecular formula is C28H10F12N4O8. The number of ether oxygens (including phenoxy) is 4. The molecule has 12 nitrogen and oxygen atoms in total. The molecule has 2 aliphatic heterocycles. The van der Waals surface area contributed by atoms with E-state index in [2.05, 4.69) is 38.9 Å². The lowest BCUT2D eigenvalue weighted by Crippen LogP contribution is -2.29. The minimum absolute atomic E-state index is 0.0712. The van der Waals surface area contributed by atoms with Crippen LogP contribution >= 0.6 is 0 Å². The van der Waals surface area contributed by atoms with E-state index >= 15 is 0 Å². The van der Waals surface area contributed by atoms with Gasteiger partial charge in [-0.3, -0.25) is 0 Å². The molecule has 5 heterocycles. The van der Waals surface area contributed by atoms with Crippen molar-refractivity contribution in [2.24, 2.45) is 0 Å². The van der Waals surface area contributed by atoms with Gasteiger partial charge >= 0.3 is 48.6 Å². The maximum absolute atomic E-state index is 13.5. The van der Waals surface area contributed by atoms with Crippen LogP contribution < -0.4 is 9.47 Å². The van der Waals surface area contributed by atoms with Crippen molar-refractivity contribution in [2.45, 2.75) is 24.7 Å². The summed E-state index contributed by atoms with van der Waals surface area (Å²) in [7, 11) is 0. The van der Waals surface area contributed by atoms with Crippen LogP contribution in [-0.2, 0) is 28.7 Å². The first-order valence-electron chi connectivity index (χ1n) is 13.2. The van der Waals surface area contributed by atoms with E-state index in [1.54, 1.807) is 0 Å². The summed E-state index contributed by atoms with van der Waals surface area (Å²) < 4.78 is 177. The smallest absolute Gasteiger partial charge is 0.417 e. The summed E-state index contributed by atoms with van der Waals surface area (Å²) in [5.74, 6) is -20.3. The lowest BCUT2D eigenvalue weighted by molar-refractivity contribution is -0.194. The van der Waals surface area contributed by atoms with E-state index in [1.165, 1.54) is 24.3 Å². The van der Waals surface area contributed by atoms with Crippen LogP contribution in [-0.4, -0.2) is 68.5 Å². The Labute approximate surface area is 276 Å². The molecule has 5 rings (SSSR count). The van der Waals surface area contributed by atoms with Crippen molar-refractivity contribution in [3.05, 3.63) is 59.2 Å². The molecule has 0 amide bonds. The summed E-state index contributed by atoms with van der Waals surface area (Å²) in [5, 5.41) is 0. The molecule has 0 radical (unpaired) electrons. The Balaban J connectivity index is 2.01. The number of carbonyl (C=O) groups excluding carboxylic acids is 4. The SMILES string of the molecule is O=C(OC1=C(OC(=O)C(F)(F)F)c2nc1cc1nc(cc3ccc(cc4cc(OC(=O)C(F)(F)F)c([nH]4)c2OC(=O)C(F)(F)F)[nH]3)C=C1)C(F)(F)F. The molecule has 0 fully saturated rings. The lowest BCUT2D eigenvalue weighted by atomic mass is 10.2. The van der Waals surface area contributed by atoms with Gasteiger partial charge in [0.1, 0.15) is 11.2 Å². The molecular weight excluding hydrogens is 748 g/mol. The standard InChI is InChI=1S/C28H10F12N4O8/c29-25(30,31)21(45)49-15-8-13-6-11-2-1-9(41-11)5-10-3-4-12(42-10)7-14-18(50-22(46)26(32,33)34)20(52-24(48)28(38,39)40)17(44-14)19(16(15)43-13)51-23(47)27(35,36)37/h1-8,41,43H. The normalized spacial score (nSPS) is 13.5. The van der Waals surface area contributed by atoms with Gasteiger partial charge in [0.05, 0.1) is 11.4 Å². The summed E-state index contributed by atoms with van der Waals surface area (Å²) in [6.45, 7) is 0.